The van der Waals surface area contributed by atoms with Crippen LogP contribution in [-0.2, 0) is 20.5 Å². The Bertz CT molecular complexity index is 589. The average molecular weight is 333 g/mol. The molecule has 0 aromatic heterocycles. The van der Waals surface area contributed by atoms with Crippen LogP contribution in [-0.4, -0.2) is 23.7 Å². The molecule has 22 heavy (non-hydrogen) atoms. The van der Waals surface area contributed by atoms with E-state index in [1.165, 1.54) is 6.07 Å². The van der Waals surface area contributed by atoms with Crippen molar-refractivity contribution in [1.29, 1.82) is 0 Å². The number of alkyl halides is 3. The Hall–Kier alpha value is -1.70. The number of carbonyl (C=O) groups is 2. The van der Waals surface area contributed by atoms with Crippen molar-refractivity contribution in [3.05, 3.63) is 23.8 Å². The summed E-state index contributed by atoms with van der Waals surface area (Å²) in [6.45, 7) is 2.13. The van der Waals surface area contributed by atoms with E-state index >= 15 is 0 Å². The molecule has 0 aliphatic carbocycles. The monoisotopic (exact) mass is 333 g/mol. The van der Waals surface area contributed by atoms with Crippen LogP contribution < -0.4 is 5.32 Å². The molecule has 120 valence electrons. The quantitative estimate of drug-likeness (QED) is 0.858. The van der Waals surface area contributed by atoms with Gasteiger partial charge >= 0.3 is 12.1 Å². The zero-order valence-corrected chi connectivity index (χ0v) is 12.5. The maximum absolute atomic E-state index is 12.6. The highest BCUT2D eigenvalue weighted by Gasteiger charge is 2.34. The van der Waals surface area contributed by atoms with Crippen LogP contribution in [0.2, 0.25) is 0 Å². The van der Waals surface area contributed by atoms with Crippen molar-refractivity contribution in [2.75, 3.05) is 11.9 Å². The lowest BCUT2D eigenvalue weighted by Gasteiger charge is -2.24. The maximum Gasteiger partial charge on any atom is 0.416 e. The van der Waals surface area contributed by atoms with Gasteiger partial charge in [-0.1, -0.05) is 6.92 Å². The van der Waals surface area contributed by atoms with Gasteiger partial charge in [0.15, 0.2) is 0 Å². The third kappa shape index (κ3) is 3.94. The number of thioether (sulfide) groups is 1. The number of carbonyl (C=O) groups excluding carboxylic acids is 2. The summed E-state index contributed by atoms with van der Waals surface area (Å²) in [5, 5.41) is 1.72. The van der Waals surface area contributed by atoms with Gasteiger partial charge in [-0.3, -0.25) is 9.59 Å². The molecule has 0 fully saturated rings. The number of hydrogen-bond donors (Lipinski definition) is 1. The fourth-order valence-electron chi connectivity index (χ4n) is 1.89. The van der Waals surface area contributed by atoms with Gasteiger partial charge in [0.1, 0.15) is 0 Å². The lowest BCUT2D eigenvalue weighted by molar-refractivity contribution is -0.144. The topological polar surface area (TPSA) is 55.4 Å². The predicted molar refractivity (Wildman–Crippen MR) is 75.6 cm³/mol. The molecule has 0 unspecified atom stereocenters. The molecule has 0 saturated heterocycles. The number of benzene rings is 1. The van der Waals surface area contributed by atoms with Gasteiger partial charge in [-0.15, -0.1) is 11.8 Å². The molecule has 0 saturated carbocycles. The van der Waals surface area contributed by atoms with Crippen molar-refractivity contribution in [1.82, 2.24) is 0 Å². The predicted octanol–water partition coefficient (Wildman–Crippen LogP) is 3.46. The van der Waals surface area contributed by atoms with Crippen LogP contribution in [0, 0.1) is 0 Å². The van der Waals surface area contributed by atoms with Crippen LogP contribution in [0.3, 0.4) is 0 Å². The van der Waals surface area contributed by atoms with Crippen molar-refractivity contribution in [3.63, 3.8) is 0 Å². The number of hydrogen-bond acceptors (Lipinski definition) is 4. The van der Waals surface area contributed by atoms with E-state index < -0.39 is 28.9 Å². The van der Waals surface area contributed by atoms with Gasteiger partial charge in [0.25, 0.3) is 0 Å². The number of esters is 1. The Morgan fingerprint density at radius 2 is 2.14 bits per heavy atom. The second-order valence-electron chi connectivity index (χ2n) is 4.73. The molecule has 1 aromatic rings. The minimum Gasteiger partial charge on any atom is -0.466 e. The third-order valence-corrected chi connectivity index (χ3v) is 4.22. The molecular weight excluding hydrogens is 319 g/mol. The van der Waals surface area contributed by atoms with E-state index in [2.05, 4.69) is 5.32 Å². The second kappa shape index (κ2) is 6.60. The van der Waals surface area contributed by atoms with E-state index in [9.17, 15) is 22.8 Å². The van der Waals surface area contributed by atoms with Crippen LogP contribution in [0.5, 0.6) is 0 Å². The molecule has 0 radical (unpaired) electrons. The van der Waals surface area contributed by atoms with Gasteiger partial charge in [-0.2, -0.15) is 13.2 Å². The first kappa shape index (κ1) is 16.7. The summed E-state index contributed by atoms with van der Waals surface area (Å²) in [5.74, 6) is -0.991. The van der Waals surface area contributed by atoms with E-state index in [4.69, 9.17) is 4.74 Å². The van der Waals surface area contributed by atoms with E-state index in [1.54, 1.807) is 0 Å². The van der Waals surface area contributed by atoms with E-state index in [0.717, 1.165) is 23.9 Å². The summed E-state index contributed by atoms with van der Waals surface area (Å²) in [5.41, 5.74) is -0.712. The SMILES string of the molecule is CCCOC(=O)C[C@H]1Sc2ccc(C(F)(F)F)cc2NC1=O. The Morgan fingerprint density at radius 1 is 1.41 bits per heavy atom. The summed E-state index contributed by atoms with van der Waals surface area (Å²) in [4.78, 5) is 24.0. The highest BCUT2D eigenvalue weighted by Crippen LogP contribution is 2.40. The van der Waals surface area contributed by atoms with Crippen molar-refractivity contribution < 1.29 is 27.5 Å². The minimum atomic E-state index is -4.47. The highest BCUT2D eigenvalue weighted by atomic mass is 32.2. The van der Waals surface area contributed by atoms with Crippen molar-refractivity contribution in [2.45, 2.75) is 36.1 Å². The molecule has 1 amide bonds. The molecule has 2 rings (SSSR count). The fraction of sp³-hybridized carbons (Fsp3) is 0.429. The Kier molecular flexibility index (Phi) is 5.00. The molecular formula is C14H14F3NO3S. The van der Waals surface area contributed by atoms with Crippen LogP contribution >= 0.6 is 11.8 Å². The molecule has 1 aromatic carbocycles. The number of fused-ring (bicyclic) bond motifs is 1. The molecule has 1 aliphatic heterocycles. The van der Waals surface area contributed by atoms with E-state index in [0.29, 0.717) is 11.3 Å². The largest absolute Gasteiger partial charge is 0.466 e. The lowest BCUT2D eigenvalue weighted by atomic mass is 10.1. The summed E-state index contributed by atoms with van der Waals surface area (Å²) in [6, 6.07) is 3.15. The first-order valence-corrected chi connectivity index (χ1v) is 7.53. The molecule has 1 aliphatic rings. The Labute approximate surface area is 129 Å². The first-order valence-electron chi connectivity index (χ1n) is 6.65. The van der Waals surface area contributed by atoms with Crippen molar-refractivity contribution in [3.8, 4) is 0 Å². The van der Waals surface area contributed by atoms with Gasteiger partial charge in [-0.25, -0.2) is 0 Å². The normalized spacial score (nSPS) is 17.6. The lowest BCUT2D eigenvalue weighted by Crippen LogP contribution is -2.31. The van der Waals surface area contributed by atoms with Gasteiger partial charge in [-0.05, 0) is 24.6 Å². The third-order valence-electron chi connectivity index (χ3n) is 2.95. The molecule has 1 N–H and O–H groups in total. The smallest absolute Gasteiger partial charge is 0.416 e. The van der Waals surface area contributed by atoms with Gasteiger partial charge in [0.05, 0.1) is 29.5 Å². The van der Waals surface area contributed by atoms with Crippen LogP contribution in [0.1, 0.15) is 25.3 Å². The van der Waals surface area contributed by atoms with E-state index in [-0.39, 0.29) is 18.7 Å². The number of rotatable bonds is 4. The second-order valence-corrected chi connectivity index (χ2v) is 5.97. The van der Waals surface area contributed by atoms with Crippen LogP contribution in [0.4, 0.5) is 18.9 Å². The zero-order chi connectivity index (χ0) is 16.3. The zero-order valence-electron chi connectivity index (χ0n) is 11.7. The highest BCUT2D eigenvalue weighted by molar-refractivity contribution is 8.01. The molecule has 8 heteroatoms. The van der Waals surface area contributed by atoms with Gasteiger partial charge in [0.2, 0.25) is 5.91 Å². The minimum absolute atomic E-state index is 0.114. The molecule has 1 heterocycles. The molecule has 0 spiro atoms. The van der Waals surface area contributed by atoms with E-state index in [1.807, 2.05) is 6.92 Å². The van der Waals surface area contributed by atoms with Crippen molar-refractivity contribution in [2.24, 2.45) is 0 Å². The van der Waals surface area contributed by atoms with Crippen molar-refractivity contribution >= 4 is 29.3 Å². The summed E-state index contributed by atoms with van der Waals surface area (Å²) >= 11 is 1.07. The van der Waals surface area contributed by atoms with Gasteiger partial charge < -0.3 is 10.1 Å². The maximum atomic E-state index is 12.6. The molecule has 4 nitrogen and oxygen atoms in total. The summed E-state index contributed by atoms with van der Waals surface area (Å²) in [7, 11) is 0. The van der Waals surface area contributed by atoms with Crippen LogP contribution in [0.15, 0.2) is 23.1 Å². The number of ether oxygens (including phenoxy) is 1. The summed E-state index contributed by atoms with van der Waals surface area (Å²) < 4.78 is 42.8. The Balaban J connectivity index is 2.10. The Morgan fingerprint density at radius 3 is 2.77 bits per heavy atom. The summed E-state index contributed by atoms with van der Waals surface area (Å²) in [6.07, 6.45) is -3.90. The number of halogens is 3. The molecule has 0 bridgehead atoms. The fourth-order valence-corrected chi connectivity index (χ4v) is 2.96. The molecule has 1 atom stereocenters. The number of nitrogens with one attached hydrogen (secondary N) is 1. The first-order chi connectivity index (χ1) is 10.3. The average Bonchev–Trinajstić information content (AvgIpc) is 2.44. The van der Waals surface area contributed by atoms with Gasteiger partial charge in [0, 0.05) is 4.90 Å². The number of amides is 1. The standard InChI is InChI=1S/C14H14F3NO3S/c1-2-5-21-12(19)7-11-13(20)18-9-6-8(14(15,16)17)3-4-10(9)22-11/h3-4,6,11H,2,5,7H2,1H3,(H,18,20)/t11-/m1/s1. The number of anilines is 1. The van der Waals surface area contributed by atoms with Crippen LogP contribution in [0.25, 0.3) is 0 Å².